The van der Waals surface area contributed by atoms with Gasteiger partial charge in [0.15, 0.2) is 0 Å². The maximum atomic E-state index is 4.58. The molecule has 0 amide bonds. The summed E-state index contributed by atoms with van der Waals surface area (Å²) in [5.74, 6) is 0. The summed E-state index contributed by atoms with van der Waals surface area (Å²) in [6.07, 6.45) is 9.33. The van der Waals surface area contributed by atoms with Crippen LogP contribution >= 0.6 is 0 Å². The minimum atomic E-state index is 0.571. The molecule has 98 valence electrons. The number of nitrogens with one attached hydrogen (secondary N) is 1. The molecule has 0 fully saturated rings. The Bertz CT molecular complexity index is 442. The first-order valence-corrected chi connectivity index (χ1v) is 6.95. The molecule has 0 bridgehead atoms. The van der Waals surface area contributed by atoms with Gasteiger partial charge in [0.05, 0.1) is 5.69 Å². The molecule has 2 rings (SSSR count). The molecule has 0 saturated carbocycles. The third-order valence-corrected chi connectivity index (χ3v) is 3.29. The SMILES string of the molecule is CCCCCC(C)NCc1cn2ccccc2n1. The second-order valence-electron chi connectivity index (χ2n) is 4.98. The molecule has 2 aromatic heterocycles. The molecule has 1 atom stereocenters. The molecule has 2 aromatic rings. The third kappa shape index (κ3) is 3.57. The highest BCUT2D eigenvalue weighted by atomic mass is 15.0. The van der Waals surface area contributed by atoms with Gasteiger partial charge in [0, 0.05) is 25.0 Å². The van der Waals surface area contributed by atoms with E-state index in [-0.39, 0.29) is 0 Å². The summed E-state index contributed by atoms with van der Waals surface area (Å²) in [6, 6.07) is 6.65. The minimum Gasteiger partial charge on any atom is -0.309 e. The van der Waals surface area contributed by atoms with Gasteiger partial charge in [-0.15, -0.1) is 0 Å². The van der Waals surface area contributed by atoms with Crippen LogP contribution in [0.15, 0.2) is 30.6 Å². The van der Waals surface area contributed by atoms with Gasteiger partial charge in [-0.05, 0) is 25.5 Å². The topological polar surface area (TPSA) is 29.3 Å². The first-order chi connectivity index (χ1) is 8.79. The monoisotopic (exact) mass is 245 g/mol. The Morgan fingerprint density at radius 1 is 1.33 bits per heavy atom. The number of rotatable bonds is 7. The molecule has 0 spiro atoms. The van der Waals surface area contributed by atoms with Crippen LogP contribution in [0.1, 0.15) is 45.2 Å². The van der Waals surface area contributed by atoms with E-state index in [9.17, 15) is 0 Å². The third-order valence-electron chi connectivity index (χ3n) is 3.29. The van der Waals surface area contributed by atoms with Crippen molar-refractivity contribution in [1.82, 2.24) is 14.7 Å². The lowest BCUT2D eigenvalue weighted by atomic mass is 10.1. The van der Waals surface area contributed by atoms with Gasteiger partial charge in [-0.25, -0.2) is 4.98 Å². The van der Waals surface area contributed by atoms with Gasteiger partial charge in [0.1, 0.15) is 5.65 Å². The fourth-order valence-corrected chi connectivity index (χ4v) is 2.15. The van der Waals surface area contributed by atoms with E-state index in [2.05, 4.69) is 34.7 Å². The predicted molar refractivity (Wildman–Crippen MR) is 75.6 cm³/mol. The van der Waals surface area contributed by atoms with Crippen LogP contribution in [0.4, 0.5) is 0 Å². The number of hydrogen-bond donors (Lipinski definition) is 1. The van der Waals surface area contributed by atoms with E-state index in [1.807, 2.05) is 24.4 Å². The van der Waals surface area contributed by atoms with Gasteiger partial charge in [-0.3, -0.25) is 0 Å². The Balaban J connectivity index is 1.82. The molecule has 0 aliphatic heterocycles. The molecule has 2 heterocycles. The average Bonchev–Trinajstić information content (AvgIpc) is 2.79. The summed E-state index contributed by atoms with van der Waals surface area (Å²) in [6.45, 7) is 5.36. The molecule has 3 heteroatoms. The lowest BCUT2D eigenvalue weighted by Crippen LogP contribution is -2.25. The summed E-state index contributed by atoms with van der Waals surface area (Å²) in [5, 5.41) is 3.54. The van der Waals surface area contributed by atoms with Crippen molar-refractivity contribution < 1.29 is 0 Å². The van der Waals surface area contributed by atoms with Crippen molar-refractivity contribution in [2.75, 3.05) is 0 Å². The molecule has 0 aliphatic carbocycles. The molecule has 18 heavy (non-hydrogen) atoms. The Hall–Kier alpha value is -1.35. The Morgan fingerprint density at radius 3 is 3.00 bits per heavy atom. The van der Waals surface area contributed by atoms with Crippen LogP contribution < -0.4 is 5.32 Å². The predicted octanol–water partition coefficient (Wildman–Crippen LogP) is 3.39. The van der Waals surface area contributed by atoms with Crippen LogP contribution in [0, 0.1) is 0 Å². The standard InChI is InChI=1S/C15H23N3/c1-3-4-5-8-13(2)16-11-14-12-18-10-7-6-9-15(18)17-14/h6-7,9-10,12-13,16H,3-5,8,11H2,1-2H3. The van der Waals surface area contributed by atoms with Crippen LogP contribution in [-0.4, -0.2) is 15.4 Å². The first-order valence-electron chi connectivity index (χ1n) is 6.95. The van der Waals surface area contributed by atoms with Crippen molar-refractivity contribution in [1.29, 1.82) is 0 Å². The van der Waals surface area contributed by atoms with E-state index in [1.54, 1.807) is 0 Å². The smallest absolute Gasteiger partial charge is 0.137 e. The van der Waals surface area contributed by atoms with Crippen LogP contribution in [-0.2, 0) is 6.54 Å². The normalized spacial score (nSPS) is 13.0. The van der Waals surface area contributed by atoms with Crippen LogP contribution in [0.2, 0.25) is 0 Å². The molecule has 0 aliphatic rings. The number of imidazole rings is 1. The Labute approximate surface area is 109 Å². The van der Waals surface area contributed by atoms with E-state index < -0.39 is 0 Å². The zero-order valence-corrected chi connectivity index (χ0v) is 11.4. The van der Waals surface area contributed by atoms with Crippen molar-refractivity contribution >= 4 is 5.65 Å². The highest BCUT2D eigenvalue weighted by Crippen LogP contribution is 2.06. The average molecular weight is 245 g/mol. The zero-order valence-electron chi connectivity index (χ0n) is 11.4. The van der Waals surface area contributed by atoms with Crippen molar-refractivity contribution in [2.45, 2.75) is 52.1 Å². The first kappa shape index (κ1) is 13.1. The second-order valence-corrected chi connectivity index (χ2v) is 4.98. The van der Waals surface area contributed by atoms with Gasteiger partial charge in [-0.1, -0.05) is 32.3 Å². The molecule has 0 aromatic carbocycles. The molecule has 1 unspecified atom stereocenters. The summed E-state index contributed by atoms with van der Waals surface area (Å²) in [5.41, 5.74) is 2.14. The van der Waals surface area contributed by atoms with Crippen molar-refractivity contribution in [3.05, 3.63) is 36.3 Å². The van der Waals surface area contributed by atoms with Crippen molar-refractivity contribution in [3.63, 3.8) is 0 Å². The second kappa shape index (κ2) is 6.55. The molecule has 0 radical (unpaired) electrons. The zero-order chi connectivity index (χ0) is 12.8. The molecule has 0 saturated heterocycles. The fraction of sp³-hybridized carbons (Fsp3) is 0.533. The van der Waals surface area contributed by atoms with Gasteiger partial charge in [0.25, 0.3) is 0 Å². The quantitative estimate of drug-likeness (QED) is 0.758. The Kier molecular flexibility index (Phi) is 4.76. The van der Waals surface area contributed by atoms with Crippen molar-refractivity contribution in [2.24, 2.45) is 0 Å². The van der Waals surface area contributed by atoms with E-state index >= 15 is 0 Å². The summed E-state index contributed by atoms with van der Waals surface area (Å²) < 4.78 is 2.07. The number of unbranched alkanes of at least 4 members (excludes halogenated alkanes) is 2. The van der Waals surface area contributed by atoms with Gasteiger partial charge >= 0.3 is 0 Å². The lowest BCUT2D eigenvalue weighted by Gasteiger charge is -2.12. The van der Waals surface area contributed by atoms with E-state index in [1.165, 1.54) is 25.7 Å². The van der Waals surface area contributed by atoms with Gasteiger partial charge in [-0.2, -0.15) is 0 Å². The summed E-state index contributed by atoms with van der Waals surface area (Å²) in [4.78, 5) is 4.58. The minimum absolute atomic E-state index is 0.571. The largest absolute Gasteiger partial charge is 0.309 e. The van der Waals surface area contributed by atoms with Crippen LogP contribution in [0.3, 0.4) is 0 Å². The van der Waals surface area contributed by atoms with E-state index in [0.29, 0.717) is 6.04 Å². The Morgan fingerprint density at radius 2 is 2.22 bits per heavy atom. The molecular weight excluding hydrogens is 222 g/mol. The van der Waals surface area contributed by atoms with Gasteiger partial charge < -0.3 is 9.72 Å². The van der Waals surface area contributed by atoms with Gasteiger partial charge in [0.2, 0.25) is 0 Å². The highest BCUT2D eigenvalue weighted by molar-refractivity contribution is 5.39. The van der Waals surface area contributed by atoms with E-state index in [0.717, 1.165) is 17.9 Å². The van der Waals surface area contributed by atoms with Crippen LogP contribution in [0.25, 0.3) is 5.65 Å². The van der Waals surface area contributed by atoms with Crippen LogP contribution in [0.5, 0.6) is 0 Å². The number of fused-ring (bicyclic) bond motifs is 1. The fourth-order valence-electron chi connectivity index (χ4n) is 2.15. The van der Waals surface area contributed by atoms with Crippen molar-refractivity contribution in [3.8, 4) is 0 Å². The molecule has 3 nitrogen and oxygen atoms in total. The highest BCUT2D eigenvalue weighted by Gasteiger charge is 2.04. The number of pyridine rings is 1. The molecular formula is C15H23N3. The summed E-state index contributed by atoms with van der Waals surface area (Å²) >= 11 is 0. The number of nitrogens with zero attached hydrogens (tertiary/aromatic N) is 2. The maximum absolute atomic E-state index is 4.58. The molecule has 1 N–H and O–H groups in total. The maximum Gasteiger partial charge on any atom is 0.137 e. The van der Waals surface area contributed by atoms with E-state index in [4.69, 9.17) is 0 Å². The number of hydrogen-bond acceptors (Lipinski definition) is 2. The number of aromatic nitrogens is 2. The lowest BCUT2D eigenvalue weighted by molar-refractivity contribution is 0.484. The summed E-state index contributed by atoms with van der Waals surface area (Å²) in [7, 11) is 0.